The quantitative estimate of drug-likeness (QED) is 0.658. The third kappa shape index (κ3) is 2.11. The molecule has 7 heteroatoms. The van der Waals surface area contributed by atoms with Crippen LogP contribution < -0.4 is 5.73 Å². The molecule has 0 aliphatic carbocycles. The fourth-order valence-electron chi connectivity index (χ4n) is 2.00. The number of nitrogen functional groups attached to an aromatic ring is 1. The van der Waals surface area contributed by atoms with E-state index in [4.69, 9.17) is 52.1 Å². The summed E-state index contributed by atoms with van der Waals surface area (Å²) in [4.78, 5) is 4.42. The zero-order valence-corrected chi connectivity index (χ0v) is 12.9. The van der Waals surface area contributed by atoms with Gasteiger partial charge < -0.3 is 5.73 Å². The molecule has 3 rings (SSSR count). The first-order chi connectivity index (χ1) is 9.49. The van der Waals surface area contributed by atoms with Gasteiger partial charge in [-0.2, -0.15) is 0 Å². The molecule has 0 bridgehead atoms. The first kappa shape index (κ1) is 13.8. The summed E-state index contributed by atoms with van der Waals surface area (Å²) in [6.45, 7) is 0. The largest absolute Gasteiger partial charge is 0.383 e. The molecule has 2 N–H and O–H groups in total. The van der Waals surface area contributed by atoms with Gasteiger partial charge in [0.1, 0.15) is 11.5 Å². The zero-order valence-electron chi connectivity index (χ0n) is 9.87. The van der Waals surface area contributed by atoms with Gasteiger partial charge in [-0.25, -0.2) is 4.98 Å². The number of pyridine rings is 1. The number of nitrogens with zero attached hydrogens (tertiary/aromatic N) is 2. The summed E-state index contributed by atoms with van der Waals surface area (Å²) < 4.78 is 1.61. The lowest BCUT2D eigenvalue weighted by atomic mass is 10.1. The Morgan fingerprint density at radius 3 is 2.30 bits per heavy atom. The summed E-state index contributed by atoms with van der Waals surface area (Å²) >= 11 is 24.5. The van der Waals surface area contributed by atoms with Crippen molar-refractivity contribution in [2.75, 3.05) is 5.73 Å². The minimum atomic E-state index is 0.374. The van der Waals surface area contributed by atoms with Gasteiger partial charge in [0.25, 0.3) is 0 Å². The van der Waals surface area contributed by atoms with Gasteiger partial charge in [-0.05, 0) is 18.2 Å². The molecule has 2 heterocycles. The van der Waals surface area contributed by atoms with Gasteiger partial charge >= 0.3 is 0 Å². The van der Waals surface area contributed by atoms with E-state index in [9.17, 15) is 0 Å². The number of imidazole rings is 1. The van der Waals surface area contributed by atoms with E-state index in [-0.39, 0.29) is 0 Å². The van der Waals surface area contributed by atoms with Gasteiger partial charge in [-0.15, -0.1) is 0 Å². The smallest absolute Gasteiger partial charge is 0.158 e. The van der Waals surface area contributed by atoms with Gasteiger partial charge in [-0.1, -0.05) is 52.5 Å². The highest BCUT2D eigenvalue weighted by atomic mass is 35.5. The van der Waals surface area contributed by atoms with Crippen molar-refractivity contribution >= 4 is 57.9 Å². The van der Waals surface area contributed by atoms with Crippen LogP contribution in [-0.4, -0.2) is 9.38 Å². The number of aromatic nitrogens is 2. The Kier molecular flexibility index (Phi) is 3.46. The molecule has 1 aromatic carbocycles. The molecule has 0 amide bonds. The summed E-state index contributed by atoms with van der Waals surface area (Å²) in [7, 11) is 0. The zero-order chi connectivity index (χ0) is 14.4. The molecule has 0 spiro atoms. The maximum absolute atomic E-state index is 6.19. The average molecular weight is 347 g/mol. The average Bonchev–Trinajstić information content (AvgIpc) is 2.68. The van der Waals surface area contributed by atoms with Crippen molar-refractivity contribution < 1.29 is 0 Å². The third-order valence-electron chi connectivity index (χ3n) is 2.88. The van der Waals surface area contributed by atoms with E-state index in [0.29, 0.717) is 42.8 Å². The molecule has 2 aromatic heterocycles. The summed E-state index contributed by atoms with van der Waals surface area (Å²) in [6.07, 6.45) is 1.64. The van der Waals surface area contributed by atoms with Crippen molar-refractivity contribution in [2.45, 2.75) is 0 Å². The molecule has 0 radical (unpaired) electrons. The van der Waals surface area contributed by atoms with Crippen molar-refractivity contribution in [1.29, 1.82) is 0 Å². The van der Waals surface area contributed by atoms with Gasteiger partial charge in [-0.3, -0.25) is 4.40 Å². The van der Waals surface area contributed by atoms with Crippen molar-refractivity contribution in [3.63, 3.8) is 0 Å². The van der Waals surface area contributed by atoms with Crippen LogP contribution >= 0.6 is 46.4 Å². The van der Waals surface area contributed by atoms with Crippen LogP contribution in [-0.2, 0) is 0 Å². The Bertz CT molecular complexity index is 806. The first-order valence-electron chi connectivity index (χ1n) is 5.56. The van der Waals surface area contributed by atoms with Crippen LogP contribution in [0.1, 0.15) is 0 Å². The molecular formula is C13H7Cl4N3. The Morgan fingerprint density at radius 2 is 1.65 bits per heavy atom. The summed E-state index contributed by atoms with van der Waals surface area (Å²) in [5.74, 6) is 0.374. The number of benzene rings is 1. The van der Waals surface area contributed by atoms with E-state index >= 15 is 0 Å². The number of halogens is 4. The van der Waals surface area contributed by atoms with E-state index < -0.39 is 0 Å². The Morgan fingerprint density at radius 1 is 1.00 bits per heavy atom. The molecule has 102 valence electrons. The minimum Gasteiger partial charge on any atom is -0.383 e. The number of fused-ring (bicyclic) bond motifs is 1. The predicted octanol–water partition coefficient (Wildman–Crippen LogP) is 5.20. The molecule has 0 fully saturated rings. The van der Waals surface area contributed by atoms with Gasteiger partial charge in [0.05, 0.1) is 20.1 Å². The van der Waals surface area contributed by atoms with Crippen LogP contribution in [0.5, 0.6) is 0 Å². The SMILES string of the molecule is Nc1c(-c2c(Cl)cccc2Cl)nc2c(Cl)cc(Cl)cn12. The van der Waals surface area contributed by atoms with Crippen LogP contribution in [0.15, 0.2) is 30.5 Å². The van der Waals surface area contributed by atoms with E-state index in [1.807, 2.05) is 0 Å². The van der Waals surface area contributed by atoms with E-state index in [1.54, 1.807) is 34.9 Å². The molecule has 0 aliphatic rings. The van der Waals surface area contributed by atoms with Crippen molar-refractivity contribution in [3.8, 4) is 11.3 Å². The topological polar surface area (TPSA) is 43.3 Å². The monoisotopic (exact) mass is 345 g/mol. The molecular weight excluding hydrogens is 340 g/mol. The summed E-state index contributed by atoms with van der Waals surface area (Å²) in [5, 5.41) is 1.80. The standard InChI is InChI=1S/C13H7Cl4N3/c14-6-4-9(17)13-19-11(12(18)20(13)5-6)10-7(15)2-1-3-8(10)16/h1-5H,18H2. The number of nitrogens with two attached hydrogens (primary N) is 1. The summed E-state index contributed by atoms with van der Waals surface area (Å²) in [5.41, 5.74) is 7.66. The second-order valence-electron chi connectivity index (χ2n) is 4.14. The summed E-state index contributed by atoms with van der Waals surface area (Å²) in [6, 6.07) is 6.80. The van der Waals surface area contributed by atoms with Crippen molar-refractivity contribution in [2.24, 2.45) is 0 Å². The van der Waals surface area contributed by atoms with E-state index in [0.717, 1.165) is 0 Å². The molecule has 20 heavy (non-hydrogen) atoms. The van der Waals surface area contributed by atoms with Crippen LogP contribution in [0.25, 0.3) is 16.9 Å². The Hall–Kier alpha value is -1.13. The second kappa shape index (κ2) is 5.01. The lowest BCUT2D eigenvalue weighted by molar-refractivity contribution is 1.20. The van der Waals surface area contributed by atoms with Crippen LogP contribution in [0, 0.1) is 0 Å². The molecule has 3 nitrogen and oxygen atoms in total. The van der Waals surface area contributed by atoms with E-state index in [2.05, 4.69) is 4.98 Å². The number of hydrogen-bond acceptors (Lipinski definition) is 2. The van der Waals surface area contributed by atoms with Crippen LogP contribution in [0.2, 0.25) is 20.1 Å². The molecule has 0 aliphatic heterocycles. The highest BCUT2D eigenvalue weighted by molar-refractivity contribution is 6.39. The second-order valence-corrected chi connectivity index (χ2v) is 5.80. The van der Waals surface area contributed by atoms with Crippen molar-refractivity contribution in [3.05, 3.63) is 50.6 Å². The molecule has 0 atom stereocenters. The van der Waals surface area contributed by atoms with Gasteiger partial charge in [0.2, 0.25) is 0 Å². The van der Waals surface area contributed by atoms with Gasteiger partial charge in [0, 0.05) is 11.8 Å². The van der Waals surface area contributed by atoms with Gasteiger partial charge in [0.15, 0.2) is 5.65 Å². The lowest BCUT2D eigenvalue weighted by Crippen LogP contribution is -1.95. The normalized spacial score (nSPS) is 11.2. The van der Waals surface area contributed by atoms with Crippen LogP contribution in [0.4, 0.5) is 5.82 Å². The lowest BCUT2D eigenvalue weighted by Gasteiger charge is -2.04. The minimum absolute atomic E-state index is 0.374. The van der Waals surface area contributed by atoms with Crippen LogP contribution in [0.3, 0.4) is 0 Å². The molecule has 0 saturated carbocycles. The predicted molar refractivity (Wildman–Crippen MR) is 85.1 cm³/mol. The highest BCUT2D eigenvalue weighted by Crippen LogP contribution is 2.38. The number of anilines is 1. The highest BCUT2D eigenvalue weighted by Gasteiger charge is 2.18. The Labute approximate surface area is 134 Å². The Balaban J connectivity index is 2.39. The fraction of sp³-hybridized carbons (Fsp3) is 0. The van der Waals surface area contributed by atoms with Crippen molar-refractivity contribution in [1.82, 2.24) is 9.38 Å². The number of hydrogen-bond donors (Lipinski definition) is 1. The third-order valence-corrected chi connectivity index (χ3v) is 3.99. The maximum atomic E-state index is 6.19. The molecule has 0 unspecified atom stereocenters. The molecule has 0 saturated heterocycles. The maximum Gasteiger partial charge on any atom is 0.158 e. The first-order valence-corrected chi connectivity index (χ1v) is 7.07. The molecule has 3 aromatic rings. The van der Waals surface area contributed by atoms with E-state index in [1.165, 1.54) is 0 Å². The fourth-order valence-corrected chi connectivity index (χ4v) is 3.09. The number of rotatable bonds is 1.